The Morgan fingerprint density at radius 3 is 2.89 bits per heavy atom. The Kier molecular flexibility index (Phi) is 4.56. The zero-order chi connectivity index (χ0) is 13.8. The predicted octanol–water partition coefficient (Wildman–Crippen LogP) is 3.18. The Labute approximate surface area is 118 Å². The van der Waals surface area contributed by atoms with Gasteiger partial charge >= 0.3 is 0 Å². The summed E-state index contributed by atoms with van der Waals surface area (Å²) in [6, 6.07) is 5.76. The van der Waals surface area contributed by atoms with Gasteiger partial charge in [-0.3, -0.25) is 4.68 Å². The van der Waals surface area contributed by atoms with Gasteiger partial charge in [0.05, 0.1) is 11.8 Å². The minimum atomic E-state index is -0.610. The topological polar surface area (TPSA) is 50.9 Å². The average Bonchev–Trinajstić information content (AvgIpc) is 2.86. The molecule has 19 heavy (non-hydrogen) atoms. The van der Waals surface area contributed by atoms with Gasteiger partial charge in [-0.1, -0.05) is 18.5 Å². The summed E-state index contributed by atoms with van der Waals surface area (Å²) >= 11 is 5.81. The summed E-state index contributed by atoms with van der Waals surface area (Å²) in [6.45, 7) is 4.25. The highest BCUT2D eigenvalue weighted by atomic mass is 35.5. The van der Waals surface area contributed by atoms with E-state index >= 15 is 0 Å². The molecule has 0 fully saturated rings. The molecule has 2 unspecified atom stereocenters. The second kappa shape index (κ2) is 6.17. The van der Waals surface area contributed by atoms with E-state index in [1.165, 1.54) is 0 Å². The van der Waals surface area contributed by atoms with E-state index in [1.807, 2.05) is 16.9 Å². The lowest BCUT2D eigenvalue weighted by Crippen LogP contribution is -2.07. The molecule has 0 aliphatic heterocycles. The number of aromatic nitrogens is 3. The van der Waals surface area contributed by atoms with E-state index in [9.17, 15) is 5.11 Å². The molecule has 0 spiro atoms. The SMILES string of the molecule is CCC(C)n1ccc(CC(O)c2ccnc(Cl)c2)n1. The van der Waals surface area contributed by atoms with Gasteiger partial charge in [-0.2, -0.15) is 5.10 Å². The number of hydrogen-bond donors (Lipinski definition) is 1. The summed E-state index contributed by atoms with van der Waals surface area (Å²) in [5.74, 6) is 0. The van der Waals surface area contributed by atoms with Gasteiger partial charge in [-0.15, -0.1) is 0 Å². The fourth-order valence-electron chi connectivity index (χ4n) is 1.86. The first kappa shape index (κ1) is 14.0. The predicted molar refractivity (Wildman–Crippen MR) is 75.1 cm³/mol. The third kappa shape index (κ3) is 3.55. The molecule has 0 aliphatic rings. The van der Waals surface area contributed by atoms with Crippen LogP contribution in [-0.4, -0.2) is 19.9 Å². The number of aliphatic hydroxyl groups excluding tert-OH is 1. The molecule has 102 valence electrons. The normalized spacial score (nSPS) is 14.3. The van der Waals surface area contributed by atoms with E-state index in [-0.39, 0.29) is 0 Å². The number of aliphatic hydroxyl groups is 1. The van der Waals surface area contributed by atoms with Gasteiger partial charge in [-0.25, -0.2) is 4.98 Å². The average molecular weight is 280 g/mol. The molecule has 0 saturated carbocycles. The van der Waals surface area contributed by atoms with Crippen molar-refractivity contribution in [3.8, 4) is 0 Å². The lowest BCUT2D eigenvalue weighted by atomic mass is 10.1. The van der Waals surface area contributed by atoms with Crippen molar-refractivity contribution in [2.45, 2.75) is 38.8 Å². The minimum Gasteiger partial charge on any atom is -0.388 e. The van der Waals surface area contributed by atoms with Crippen molar-refractivity contribution < 1.29 is 5.11 Å². The maximum absolute atomic E-state index is 10.2. The van der Waals surface area contributed by atoms with E-state index in [0.717, 1.165) is 17.7 Å². The van der Waals surface area contributed by atoms with E-state index < -0.39 is 6.10 Å². The molecule has 2 rings (SSSR count). The Balaban J connectivity index is 2.06. The summed E-state index contributed by atoms with van der Waals surface area (Å²) in [5.41, 5.74) is 1.64. The Morgan fingerprint density at radius 2 is 2.21 bits per heavy atom. The first-order valence-electron chi connectivity index (χ1n) is 6.43. The van der Waals surface area contributed by atoms with Crippen LogP contribution in [0.3, 0.4) is 0 Å². The third-order valence-corrected chi connectivity index (χ3v) is 3.45. The van der Waals surface area contributed by atoms with Crippen LogP contribution < -0.4 is 0 Å². The summed E-state index contributed by atoms with van der Waals surface area (Å²) in [7, 11) is 0. The van der Waals surface area contributed by atoms with Crippen LogP contribution in [0.1, 0.15) is 43.7 Å². The third-order valence-electron chi connectivity index (χ3n) is 3.24. The number of pyridine rings is 1. The highest BCUT2D eigenvalue weighted by Gasteiger charge is 2.12. The Bertz CT molecular complexity index is 541. The molecule has 2 heterocycles. The molecule has 1 N–H and O–H groups in total. The molecular formula is C14H18ClN3O. The zero-order valence-electron chi connectivity index (χ0n) is 11.1. The largest absolute Gasteiger partial charge is 0.388 e. The molecule has 0 bridgehead atoms. The van der Waals surface area contributed by atoms with E-state index in [2.05, 4.69) is 23.9 Å². The fraction of sp³-hybridized carbons (Fsp3) is 0.429. The van der Waals surface area contributed by atoms with Crippen molar-refractivity contribution in [1.82, 2.24) is 14.8 Å². The van der Waals surface area contributed by atoms with Crippen LogP contribution in [-0.2, 0) is 6.42 Å². The van der Waals surface area contributed by atoms with Crippen LogP contribution >= 0.6 is 11.6 Å². The van der Waals surface area contributed by atoms with E-state index in [4.69, 9.17) is 11.6 Å². The lowest BCUT2D eigenvalue weighted by Gasteiger charge is -2.10. The number of hydrogen-bond acceptors (Lipinski definition) is 3. The van der Waals surface area contributed by atoms with Crippen molar-refractivity contribution >= 4 is 11.6 Å². The summed E-state index contributed by atoms with van der Waals surface area (Å²) in [6.07, 6.45) is 4.45. The van der Waals surface area contributed by atoms with Crippen LogP contribution in [0.5, 0.6) is 0 Å². The lowest BCUT2D eigenvalue weighted by molar-refractivity contribution is 0.176. The van der Waals surface area contributed by atoms with Gasteiger partial charge < -0.3 is 5.11 Å². The maximum atomic E-state index is 10.2. The quantitative estimate of drug-likeness (QED) is 0.855. The number of rotatable bonds is 5. The summed E-state index contributed by atoms with van der Waals surface area (Å²) in [5, 5.41) is 15.0. The molecule has 0 saturated heterocycles. The second-order valence-electron chi connectivity index (χ2n) is 4.68. The van der Waals surface area contributed by atoms with Gasteiger partial charge in [0.15, 0.2) is 0 Å². The summed E-state index contributed by atoms with van der Waals surface area (Å²) < 4.78 is 1.93. The van der Waals surface area contributed by atoms with Crippen molar-refractivity contribution in [2.75, 3.05) is 0 Å². The van der Waals surface area contributed by atoms with Crippen LogP contribution in [0.15, 0.2) is 30.6 Å². The van der Waals surface area contributed by atoms with E-state index in [0.29, 0.717) is 17.6 Å². The molecular weight excluding hydrogens is 262 g/mol. The van der Waals surface area contributed by atoms with Gasteiger partial charge in [0.1, 0.15) is 5.15 Å². The zero-order valence-corrected chi connectivity index (χ0v) is 11.9. The molecule has 2 atom stereocenters. The molecule has 2 aromatic heterocycles. The van der Waals surface area contributed by atoms with Crippen LogP contribution in [0.2, 0.25) is 5.15 Å². The smallest absolute Gasteiger partial charge is 0.129 e. The molecule has 0 aliphatic carbocycles. The highest BCUT2D eigenvalue weighted by Crippen LogP contribution is 2.20. The van der Waals surface area contributed by atoms with Crippen LogP contribution in [0.4, 0.5) is 0 Å². The van der Waals surface area contributed by atoms with Crippen molar-refractivity contribution in [2.24, 2.45) is 0 Å². The van der Waals surface area contributed by atoms with Gasteiger partial charge in [0, 0.05) is 24.9 Å². The Hall–Kier alpha value is -1.39. The fourth-order valence-corrected chi connectivity index (χ4v) is 2.04. The second-order valence-corrected chi connectivity index (χ2v) is 5.06. The van der Waals surface area contributed by atoms with Crippen LogP contribution in [0, 0.1) is 0 Å². The molecule has 0 radical (unpaired) electrons. The molecule has 0 aromatic carbocycles. The number of nitrogens with zero attached hydrogens (tertiary/aromatic N) is 3. The first-order valence-corrected chi connectivity index (χ1v) is 6.81. The first-order chi connectivity index (χ1) is 9.10. The summed E-state index contributed by atoms with van der Waals surface area (Å²) in [4.78, 5) is 3.90. The molecule has 5 heteroatoms. The van der Waals surface area contributed by atoms with Crippen molar-refractivity contribution in [3.05, 3.63) is 47.0 Å². The Morgan fingerprint density at radius 1 is 1.42 bits per heavy atom. The van der Waals surface area contributed by atoms with Gasteiger partial charge in [-0.05, 0) is 37.1 Å². The minimum absolute atomic E-state index is 0.376. The number of halogens is 1. The molecule has 2 aromatic rings. The van der Waals surface area contributed by atoms with Crippen LogP contribution in [0.25, 0.3) is 0 Å². The van der Waals surface area contributed by atoms with Gasteiger partial charge in [0.25, 0.3) is 0 Å². The van der Waals surface area contributed by atoms with Crippen molar-refractivity contribution in [3.63, 3.8) is 0 Å². The molecule has 0 amide bonds. The van der Waals surface area contributed by atoms with E-state index in [1.54, 1.807) is 18.3 Å². The molecule has 4 nitrogen and oxygen atoms in total. The maximum Gasteiger partial charge on any atom is 0.129 e. The highest BCUT2D eigenvalue weighted by molar-refractivity contribution is 6.29. The monoisotopic (exact) mass is 279 g/mol. The van der Waals surface area contributed by atoms with Gasteiger partial charge in [0.2, 0.25) is 0 Å². The standard InChI is InChI=1S/C14H18ClN3O/c1-3-10(2)18-7-5-12(17-18)9-13(19)11-4-6-16-14(15)8-11/h4-8,10,13,19H,3,9H2,1-2H3. The van der Waals surface area contributed by atoms with Crippen molar-refractivity contribution in [1.29, 1.82) is 0 Å².